The van der Waals surface area contributed by atoms with Crippen molar-refractivity contribution in [1.82, 2.24) is 10.2 Å². The number of likely N-dealkylation sites (N-methyl/N-ethyl adjacent to an activating group) is 2. The fourth-order valence-corrected chi connectivity index (χ4v) is 1.48. The van der Waals surface area contributed by atoms with Crippen molar-refractivity contribution in [2.45, 2.75) is 6.54 Å². The number of aromatic hydroxyl groups is 1. The van der Waals surface area contributed by atoms with Crippen LogP contribution in [0.5, 0.6) is 11.5 Å². The lowest BCUT2D eigenvalue weighted by atomic mass is 10.2. The quantitative estimate of drug-likeness (QED) is 0.787. The third kappa shape index (κ3) is 3.96. The average molecular weight is 238 g/mol. The molecule has 94 valence electrons. The number of methoxy groups -OCH3 is 1. The average Bonchev–Trinajstić information content (AvgIpc) is 2.31. The van der Waals surface area contributed by atoms with Crippen LogP contribution >= 0.6 is 0 Å². The first-order chi connectivity index (χ1) is 8.06. The van der Waals surface area contributed by atoms with Gasteiger partial charge in [0, 0.05) is 25.2 Å². The number of amides is 1. The number of rotatable bonds is 5. The van der Waals surface area contributed by atoms with Crippen LogP contribution in [0, 0.1) is 0 Å². The summed E-state index contributed by atoms with van der Waals surface area (Å²) in [7, 11) is 4.96. The monoisotopic (exact) mass is 238 g/mol. The molecule has 1 amide bonds. The number of hydrogen-bond acceptors (Lipinski definition) is 4. The van der Waals surface area contributed by atoms with Crippen molar-refractivity contribution >= 4 is 5.91 Å². The molecule has 0 unspecified atom stereocenters. The molecule has 1 aromatic rings. The maximum atomic E-state index is 11.2. The molecule has 0 saturated carbocycles. The van der Waals surface area contributed by atoms with Crippen LogP contribution in [0.1, 0.15) is 5.56 Å². The number of nitrogens with zero attached hydrogens (tertiary/aromatic N) is 1. The van der Waals surface area contributed by atoms with E-state index in [0.717, 1.165) is 5.56 Å². The molecule has 0 atom stereocenters. The number of hydrogen-bond donors (Lipinski definition) is 2. The van der Waals surface area contributed by atoms with Crippen LogP contribution in [0.4, 0.5) is 0 Å². The Morgan fingerprint density at radius 1 is 1.53 bits per heavy atom. The first-order valence-corrected chi connectivity index (χ1v) is 5.31. The zero-order chi connectivity index (χ0) is 12.8. The number of carbonyl (C=O) groups excluding carboxylic acids is 1. The smallest absolute Gasteiger partial charge is 0.233 e. The molecule has 5 heteroatoms. The van der Waals surface area contributed by atoms with E-state index in [9.17, 15) is 9.90 Å². The molecule has 0 heterocycles. The van der Waals surface area contributed by atoms with Gasteiger partial charge in [-0.15, -0.1) is 0 Å². The van der Waals surface area contributed by atoms with Gasteiger partial charge in [0.25, 0.3) is 0 Å². The molecule has 0 spiro atoms. The first kappa shape index (κ1) is 13.3. The second-order valence-electron chi connectivity index (χ2n) is 3.84. The number of benzene rings is 1. The Hall–Kier alpha value is -1.75. The number of phenolic OH excluding ortho intramolecular Hbond substituents is 1. The van der Waals surface area contributed by atoms with Crippen LogP contribution in [-0.4, -0.2) is 43.7 Å². The van der Waals surface area contributed by atoms with Crippen molar-refractivity contribution in [3.63, 3.8) is 0 Å². The van der Waals surface area contributed by atoms with Crippen molar-refractivity contribution in [3.05, 3.63) is 23.8 Å². The van der Waals surface area contributed by atoms with Crippen LogP contribution in [0.3, 0.4) is 0 Å². The van der Waals surface area contributed by atoms with Crippen LogP contribution in [-0.2, 0) is 11.3 Å². The van der Waals surface area contributed by atoms with Gasteiger partial charge in [0.2, 0.25) is 5.91 Å². The second kappa shape index (κ2) is 6.10. The predicted octanol–water partition coefficient (Wildman–Crippen LogP) is 0.579. The summed E-state index contributed by atoms with van der Waals surface area (Å²) in [6, 6.07) is 5.13. The van der Waals surface area contributed by atoms with E-state index >= 15 is 0 Å². The van der Waals surface area contributed by atoms with Gasteiger partial charge in [-0.25, -0.2) is 0 Å². The molecule has 1 aromatic carbocycles. The highest BCUT2D eigenvalue weighted by atomic mass is 16.5. The van der Waals surface area contributed by atoms with Gasteiger partial charge >= 0.3 is 0 Å². The minimum atomic E-state index is -0.0551. The Labute approximate surface area is 101 Å². The van der Waals surface area contributed by atoms with Gasteiger partial charge in [0.05, 0.1) is 13.7 Å². The maximum absolute atomic E-state index is 11.2. The summed E-state index contributed by atoms with van der Waals surface area (Å²) >= 11 is 0. The first-order valence-electron chi connectivity index (χ1n) is 5.31. The largest absolute Gasteiger partial charge is 0.507 e. The third-order valence-electron chi connectivity index (χ3n) is 2.43. The van der Waals surface area contributed by atoms with E-state index in [1.165, 1.54) is 0 Å². The van der Waals surface area contributed by atoms with Gasteiger partial charge in [0.15, 0.2) is 0 Å². The molecule has 0 fully saturated rings. The lowest BCUT2D eigenvalue weighted by Gasteiger charge is -2.16. The summed E-state index contributed by atoms with van der Waals surface area (Å²) in [6.07, 6.45) is 0. The zero-order valence-corrected chi connectivity index (χ0v) is 10.4. The van der Waals surface area contributed by atoms with E-state index in [1.54, 1.807) is 32.4 Å². The number of phenols is 1. The van der Waals surface area contributed by atoms with Gasteiger partial charge in [-0.2, -0.15) is 0 Å². The Morgan fingerprint density at radius 2 is 2.24 bits per heavy atom. The fourth-order valence-electron chi connectivity index (χ4n) is 1.48. The van der Waals surface area contributed by atoms with Crippen molar-refractivity contribution in [3.8, 4) is 11.5 Å². The zero-order valence-electron chi connectivity index (χ0n) is 10.4. The Bertz CT molecular complexity index is 393. The van der Waals surface area contributed by atoms with Crippen LogP contribution in [0.2, 0.25) is 0 Å². The molecule has 17 heavy (non-hydrogen) atoms. The standard InChI is InChI=1S/C12H18N2O3/c1-13-12(16)8-14(2)7-9-4-5-10(17-3)6-11(9)15/h4-6,15H,7-8H2,1-3H3,(H,13,16). The van der Waals surface area contributed by atoms with Gasteiger partial charge in [0.1, 0.15) is 11.5 Å². The predicted molar refractivity (Wildman–Crippen MR) is 65.1 cm³/mol. The number of carbonyl (C=O) groups is 1. The molecular formula is C12H18N2O3. The summed E-state index contributed by atoms with van der Waals surface area (Å²) in [6.45, 7) is 0.797. The molecule has 5 nitrogen and oxygen atoms in total. The van der Waals surface area contributed by atoms with Crippen molar-refractivity contribution < 1.29 is 14.6 Å². The van der Waals surface area contributed by atoms with E-state index in [-0.39, 0.29) is 11.7 Å². The highest BCUT2D eigenvalue weighted by Crippen LogP contribution is 2.24. The highest BCUT2D eigenvalue weighted by Gasteiger charge is 2.09. The summed E-state index contributed by atoms with van der Waals surface area (Å²) in [4.78, 5) is 13.0. The Kier molecular flexibility index (Phi) is 4.78. The summed E-state index contributed by atoms with van der Waals surface area (Å²) in [5.74, 6) is 0.730. The molecule has 0 aliphatic rings. The molecule has 0 aliphatic carbocycles. The van der Waals surface area contributed by atoms with Crippen LogP contribution < -0.4 is 10.1 Å². The highest BCUT2D eigenvalue weighted by molar-refractivity contribution is 5.77. The minimum absolute atomic E-state index is 0.0551. The van der Waals surface area contributed by atoms with E-state index in [0.29, 0.717) is 18.8 Å². The molecule has 0 aromatic heterocycles. The topological polar surface area (TPSA) is 61.8 Å². The molecular weight excluding hydrogens is 220 g/mol. The fraction of sp³-hybridized carbons (Fsp3) is 0.417. The lowest BCUT2D eigenvalue weighted by Crippen LogP contribution is -2.32. The Morgan fingerprint density at radius 3 is 2.76 bits per heavy atom. The van der Waals surface area contributed by atoms with E-state index in [1.807, 2.05) is 11.9 Å². The van der Waals surface area contributed by atoms with Crippen molar-refractivity contribution in [2.75, 3.05) is 27.7 Å². The number of ether oxygens (including phenoxy) is 1. The van der Waals surface area contributed by atoms with E-state index in [2.05, 4.69) is 5.32 Å². The van der Waals surface area contributed by atoms with Crippen molar-refractivity contribution in [1.29, 1.82) is 0 Å². The van der Waals surface area contributed by atoms with Crippen LogP contribution in [0.15, 0.2) is 18.2 Å². The molecule has 2 N–H and O–H groups in total. The SMILES string of the molecule is CNC(=O)CN(C)Cc1ccc(OC)cc1O. The Balaban J connectivity index is 2.65. The van der Waals surface area contributed by atoms with Gasteiger partial charge in [-0.1, -0.05) is 6.07 Å². The third-order valence-corrected chi connectivity index (χ3v) is 2.43. The molecule has 0 aliphatic heterocycles. The molecule has 0 bridgehead atoms. The second-order valence-corrected chi connectivity index (χ2v) is 3.84. The van der Waals surface area contributed by atoms with Gasteiger partial charge in [-0.3, -0.25) is 9.69 Å². The molecule has 0 radical (unpaired) electrons. The minimum Gasteiger partial charge on any atom is -0.507 e. The van der Waals surface area contributed by atoms with E-state index in [4.69, 9.17) is 4.74 Å². The van der Waals surface area contributed by atoms with Gasteiger partial charge in [-0.05, 0) is 13.1 Å². The summed E-state index contributed by atoms with van der Waals surface area (Å²) in [5.41, 5.74) is 0.761. The van der Waals surface area contributed by atoms with Gasteiger partial charge < -0.3 is 15.2 Å². The summed E-state index contributed by atoms with van der Waals surface area (Å²) < 4.78 is 5.00. The summed E-state index contributed by atoms with van der Waals surface area (Å²) in [5, 5.41) is 12.3. The lowest BCUT2D eigenvalue weighted by molar-refractivity contribution is -0.121. The molecule has 1 rings (SSSR count). The normalized spacial score (nSPS) is 10.4. The van der Waals surface area contributed by atoms with Crippen molar-refractivity contribution in [2.24, 2.45) is 0 Å². The van der Waals surface area contributed by atoms with E-state index < -0.39 is 0 Å². The van der Waals surface area contributed by atoms with Crippen LogP contribution in [0.25, 0.3) is 0 Å². The maximum Gasteiger partial charge on any atom is 0.233 e. The molecule has 0 saturated heterocycles. The number of nitrogens with one attached hydrogen (secondary N) is 1.